The van der Waals surface area contributed by atoms with E-state index in [1.54, 1.807) is 13.0 Å². The van der Waals surface area contributed by atoms with Crippen molar-refractivity contribution in [3.8, 4) is 11.5 Å². The van der Waals surface area contributed by atoms with E-state index in [-0.39, 0.29) is 22.7 Å². The zero-order valence-corrected chi connectivity index (χ0v) is 11.5. The van der Waals surface area contributed by atoms with Gasteiger partial charge in [0.15, 0.2) is 11.6 Å². The highest BCUT2D eigenvalue weighted by Gasteiger charge is 2.20. The van der Waals surface area contributed by atoms with E-state index in [1.807, 2.05) is 0 Å². The number of aliphatic hydroxyl groups is 1. The van der Waals surface area contributed by atoms with Crippen molar-refractivity contribution in [2.24, 2.45) is 0 Å². The molecule has 0 radical (unpaired) electrons. The Kier molecular flexibility index (Phi) is 4.18. The SMILES string of the molecule is Cc1ccc([N+](=O)[O-])c(Oc2c(F)cccc2[C@@H](C)O)c1. The van der Waals surface area contributed by atoms with E-state index in [9.17, 15) is 19.6 Å². The first-order valence-electron chi connectivity index (χ1n) is 6.29. The number of ether oxygens (including phenoxy) is 1. The standard InChI is InChI=1S/C15H14FNO4/c1-9-6-7-13(17(19)20)14(8-9)21-15-11(10(2)18)4-3-5-12(15)16/h3-8,10,18H,1-2H3/t10-/m1/s1. The maximum atomic E-state index is 13.9. The summed E-state index contributed by atoms with van der Waals surface area (Å²) < 4.78 is 19.3. The average Bonchev–Trinajstić information content (AvgIpc) is 2.40. The molecule has 0 bridgehead atoms. The van der Waals surface area contributed by atoms with Gasteiger partial charge in [0.25, 0.3) is 0 Å². The summed E-state index contributed by atoms with van der Waals surface area (Å²) in [5.41, 5.74) is 0.705. The van der Waals surface area contributed by atoms with Crippen molar-refractivity contribution >= 4 is 5.69 Å². The average molecular weight is 291 g/mol. The van der Waals surface area contributed by atoms with E-state index in [0.717, 1.165) is 5.56 Å². The predicted octanol–water partition coefficient (Wildman–Crippen LogP) is 3.89. The molecule has 0 aromatic heterocycles. The molecule has 0 fully saturated rings. The zero-order chi connectivity index (χ0) is 15.6. The van der Waals surface area contributed by atoms with E-state index in [2.05, 4.69) is 0 Å². The molecule has 2 aromatic rings. The summed E-state index contributed by atoms with van der Waals surface area (Å²) in [7, 11) is 0. The van der Waals surface area contributed by atoms with Crippen LogP contribution in [0.5, 0.6) is 11.5 Å². The Labute approximate surface area is 120 Å². The molecule has 5 nitrogen and oxygen atoms in total. The van der Waals surface area contributed by atoms with Crippen LogP contribution in [0.2, 0.25) is 0 Å². The Morgan fingerprint density at radius 1 is 1.33 bits per heavy atom. The Bertz CT molecular complexity index is 685. The summed E-state index contributed by atoms with van der Waals surface area (Å²) in [6.07, 6.45) is -0.959. The van der Waals surface area contributed by atoms with Gasteiger partial charge in [0, 0.05) is 11.6 Å². The van der Waals surface area contributed by atoms with Gasteiger partial charge in [-0.05, 0) is 31.5 Å². The number of hydrogen-bond donors (Lipinski definition) is 1. The molecular weight excluding hydrogens is 277 g/mol. The number of aryl methyl sites for hydroxylation is 1. The maximum absolute atomic E-state index is 13.9. The molecule has 0 amide bonds. The second-order valence-electron chi connectivity index (χ2n) is 4.66. The summed E-state index contributed by atoms with van der Waals surface area (Å²) >= 11 is 0. The van der Waals surface area contributed by atoms with Crippen LogP contribution in [0.15, 0.2) is 36.4 Å². The Morgan fingerprint density at radius 3 is 2.67 bits per heavy atom. The number of para-hydroxylation sites is 1. The van der Waals surface area contributed by atoms with Gasteiger partial charge in [-0.15, -0.1) is 0 Å². The van der Waals surface area contributed by atoms with Gasteiger partial charge in [0.1, 0.15) is 0 Å². The van der Waals surface area contributed by atoms with Gasteiger partial charge in [0.2, 0.25) is 5.75 Å². The molecule has 21 heavy (non-hydrogen) atoms. The van der Waals surface area contributed by atoms with Crippen molar-refractivity contribution in [1.29, 1.82) is 0 Å². The van der Waals surface area contributed by atoms with E-state index in [1.165, 1.54) is 37.3 Å². The molecule has 6 heteroatoms. The lowest BCUT2D eigenvalue weighted by Crippen LogP contribution is -2.00. The van der Waals surface area contributed by atoms with Crippen molar-refractivity contribution < 1.29 is 19.2 Å². The fraction of sp³-hybridized carbons (Fsp3) is 0.200. The van der Waals surface area contributed by atoms with Crippen LogP contribution in [0.25, 0.3) is 0 Å². The van der Waals surface area contributed by atoms with E-state index < -0.39 is 16.8 Å². The third-order valence-electron chi connectivity index (χ3n) is 2.97. The molecule has 2 rings (SSSR count). The molecule has 0 unspecified atom stereocenters. The Hall–Kier alpha value is -2.47. The van der Waals surface area contributed by atoms with Gasteiger partial charge < -0.3 is 9.84 Å². The normalized spacial score (nSPS) is 12.0. The van der Waals surface area contributed by atoms with Gasteiger partial charge in [-0.25, -0.2) is 4.39 Å². The van der Waals surface area contributed by atoms with Crippen LogP contribution in [-0.4, -0.2) is 10.0 Å². The van der Waals surface area contributed by atoms with Crippen LogP contribution in [0.4, 0.5) is 10.1 Å². The number of nitro benzene ring substituents is 1. The van der Waals surface area contributed by atoms with Crippen LogP contribution in [-0.2, 0) is 0 Å². The number of hydrogen-bond acceptors (Lipinski definition) is 4. The van der Waals surface area contributed by atoms with Gasteiger partial charge >= 0.3 is 5.69 Å². The first-order valence-corrected chi connectivity index (χ1v) is 6.29. The minimum atomic E-state index is -0.959. The highest BCUT2D eigenvalue weighted by molar-refractivity contribution is 5.51. The van der Waals surface area contributed by atoms with Crippen LogP contribution in [0, 0.1) is 22.9 Å². The van der Waals surface area contributed by atoms with Crippen LogP contribution < -0.4 is 4.74 Å². The van der Waals surface area contributed by atoms with Crippen LogP contribution >= 0.6 is 0 Å². The molecule has 110 valence electrons. The minimum Gasteiger partial charge on any atom is -0.447 e. The lowest BCUT2D eigenvalue weighted by molar-refractivity contribution is -0.385. The number of halogens is 1. The fourth-order valence-corrected chi connectivity index (χ4v) is 1.93. The van der Waals surface area contributed by atoms with Gasteiger partial charge in [-0.1, -0.05) is 18.2 Å². The summed E-state index contributed by atoms with van der Waals surface area (Å²) in [6.45, 7) is 3.21. The fourth-order valence-electron chi connectivity index (χ4n) is 1.93. The summed E-state index contributed by atoms with van der Waals surface area (Å²) in [4.78, 5) is 10.4. The Balaban J connectivity index is 2.53. The largest absolute Gasteiger partial charge is 0.447 e. The van der Waals surface area contributed by atoms with Gasteiger partial charge in [0.05, 0.1) is 11.0 Å². The predicted molar refractivity (Wildman–Crippen MR) is 74.9 cm³/mol. The summed E-state index contributed by atoms with van der Waals surface area (Å²) in [5.74, 6) is -0.961. The quantitative estimate of drug-likeness (QED) is 0.685. The number of benzene rings is 2. The first-order chi connectivity index (χ1) is 9.90. The van der Waals surface area contributed by atoms with E-state index in [0.29, 0.717) is 0 Å². The number of rotatable bonds is 4. The molecule has 1 N–H and O–H groups in total. The van der Waals surface area contributed by atoms with Crippen molar-refractivity contribution in [1.82, 2.24) is 0 Å². The lowest BCUT2D eigenvalue weighted by atomic mass is 10.1. The third-order valence-corrected chi connectivity index (χ3v) is 2.97. The molecule has 0 aliphatic carbocycles. The monoisotopic (exact) mass is 291 g/mol. The van der Waals surface area contributed by atoms with Crippen LogP contribution in [0.3, 0.4) is 0 Å². The zero-order valence-electron chi connectivity index (χ0n) is 11.5. The second kappa shape index (κ2) is 5.88. The number of nitrogens with zero attached hydrogens (tertiary/aromatic N) is 1. The summed E-state index contributed by atoms with van der Waals surface area (Å²) in [6, 6.07) is 8.44. The molecule has 0 saturated heterocycles. The molecule has 0 heterocycles. The smallest absolute Gasteiger partial charge is 0.311 e. The molecular formula is C15H14FNO4. The molecule has 0 spiro atoms. The lowest BCUT2D eigenvalue weighted by Gasteiger charge is -2.14. The minimum absolute atomic E-state index is 0.0630. The first kappa shape index (κ1) is 14.9. The van der Waals surface area contributed by atoms with E-state index >= 15 is 0 Å². The van der Waals surface area contributed by atoms with Crippen LogP contribution in [0.1, 0.15) is 24.2 Å². The van der Waals surface area contributed by atoms with Crippen molar-refractivity contribution in [3.63, 3.8) is 0 Å². The number of aliphatic hydroxyl groups excluding tert-OH is 1. The van der Waals surface area contributed by atoms with Crippen molar-refractivity contribution in [2.45, 2.75) is 20.0 Å². The molecule has 0 aliphatic heterocycles. The van der Waals surface area contributed by atoms with E-state index in [4.69, 9.17) is 4.74 Å². The topological polar surface area (TPSA) is 72.6 Å². The third kappa shape index (κ3) is 3.17. The summed E-state index contributed by atoms with van der Waals surface area (Å²) in [5, 5.41) is 20.7. The molecule has 2 aromatic carbocycles. The highest BCUT2D eigenvalue weighted by Crippen LogP contribution is 2.36. The highest BCUT2D eigenvalue weighted by atomic mass is 19.1. The van der Waals surface area contributed by atoms with Crippen molar-refractivity contribution in [2.75, 3.05) is 0 Å². The van der Waals surface area contributed by atoms with Crippen molar-refractivity contribution in [3.05, 3.63) is 63.5 Å². The van der Waals surface area contributed by atoms with Gasteiger partial charge in [-0.3, -0.25) is 10.1 Å². The van der Waals surface area contributed by atoms with Gasteiger partial charge in [-0.2, -0.15) is 0 Å². The molecule has 1 atom stereocenters. The number of nitro groups is 1. The molecule has 0 saturated carbocycles. The maximum Gasteiger partial charge on any atom is 0.311 e. The second-order valence-corrected chi connectivity index (χ2v) is 4.66. The Morgan fingerprint density at radius 2 is 2.05 bits per heavy atom. The molecule has 0 aliphatic rings.